The molecule has 1 fully saturated rings. The molecule has 1 N–H and O–H groups in total. The molecular weight excluding hydrogens is 194 g/mol. The molecule has 2 aromatic carbocycles. The zero-order chi connectivity index (χ0) is 11.0. The van der Waals surface area contributed by atoms with Crippen molar-refractivity contribution in [2.24, 2.45) is 0 Å². The van der Waals surface area contributed by atoms with Crippen LogP contribution in [0.5, 0.6) is 0 Å². The number of rotatable bonds is 3. The first-order valence-electron chi connectivity index (χ1n) is 5.73. The Bertz CT molecular complexity index is 533. The van der Waals surface area contributed by atoms with Gasteiger partial charge in [0.2, 0.25) is 0 Å². The molecular formula is C15H15N. The van der Waals surface area contributed by atoms with E-state index in [0.29, 0.717) is 0 Å². The predicted molar refractivity (Wildman–Crippen MR) is 68.2 cm³/mol. The molecule has 0 aromatic heterocycles. The lowest BCUT2D eigenvalue weighted by Crippen LogP contribution is -2.23. The van der Waals surface area contributed by atoms with Crippen molar-refractivity contribution < 1.29 is 0 Å². The Balaban J connectivity index is 2.20. The fourth-order valence-corrected chi connectivity index (χ4v) is 2.45. The van der Waals surface area contributed by atoms with Gasteiger partial charge in [-0.1, -0.05) is 49.0 Å². The van der Waals surface area contributed by atoms with Gasteiger partial charge in [0.25, 0.3) is 0 Å². The van der Waals surface area contributed by atoms with Crippen LogP contribution in [0.3, 0.4) is 0 Å². The smallest absolute Gasteiger partial charge is 0.0627 e. The van der Waals surface area contributed by atoms with Gasteiger partial charge in [-0.3, -0.25) is 0 Å². The third-order valence-electron chi connectivity index (χ3n) is 3.43. The van der Waals surface area contributed by atoms with Gasteiger partial charge in [-0.05, 0) is 35.4 Å². The maximum absolute atomic E-state index is 3.78. The van der Waals surface area contributed by atoms with Gasteiger partial charge in [0.05, 0.1) is 5.54 Å². The Morgan fingerprint density at radius 2 is 1.81 bits per heavy atom. The highest BCUT2D eigenvalue weighted by Crippen LogP contribution is 2.47. The van der Waals surface area contributed by atoms with Gasteiger partial charge >= 0.3 is 0 Å². The van der Waals surface area contributed by atoms with Crippen molar-refractivity contribution in [2.45, 2.75) is 18.4 Å². The predicted octanol–water partition coefficient (Wildman–Crippen LogP) is 3.56. The van der Waals surface area contributed by atoms with Crippen molar-refractivity contribution >= 4 is 10.8 Å². The van der Waals surface area contributed by atoms with E-state index in [-0.39, 0.29) is 5.54 Å². The Hall–Kier alpha value is -1.76. The molecule has 1 aliphatic rings. The standard InChI is InChI=1S/C15H15N/c1-2-16-15(10-11-15)14-9-5-7-12-6-3-4-8-13(12)14/h2-9,16H,1,10-11H2. The van der Waals surface area contributed by atoms with Crippen LogP contribution in [0.4, 0.5) is 0 Å². The molecule has 2 aromatic rings. The molecule has 1 aliphatic carbocycles. The van der Waals surface area contributed by atoms with Gasteiger partial charge in [0, 0.05) is 0 Å². The van der Waals surface area contributed by atoms with Gasteiger partial charge in [-0.2, -0.15) is 0 Å². The zero-order valence-corrected chi connectivity index (χ0v) is 9.24. The van der Waals surface area contributed by atoms with Crippen molar-refractivity contribution in [3.05, 3.63) is 60.8 Å². The summed E-state index contributed by atoms with van der Waals surface area (Å²) in [6, 6.07) is 15.1. The number of nitrogens with one attached hydrogen (secondary N) is 1. The van der Waals surface area contributed by atoms with Crippen molar-refractivity contribution in [3.63, 3.8) is 0 Å². The summed E-state index contributed by atoms with van der Waals surface area (Å²) in [5, 5.41) is 6.08. The lowest BCUT2D eigenvalue weighted by atomic mass is 9.97. The topological polar surface area (TPSA) is 12.0 Å². The van der Waals surface area contributed by atoms with E-state index in [4.69, 9.17) is 0 Å². The molecule has 1 nitrogen and oxygen atoms in total. The second-order valence-corrected chi connectivity index (χ2v) is 4.46. The minimum absolute atomic E-state index is 0.155. The van der Waals surface area contributed by atoms with Gasteiger partial charge in [-0.25, -0.2) is 0 Å². The maximum Gasteiger partial charge on any atom is 0.0627 e. The molecule has 0 unspecified atom stereocenters. The highest BCUT2D eigenvalue weighted by molar-refractivity contribution is 5.87. The van der Waals surface area contributed by atoms with E-state index < -0.39 is 0 Å². The molecule has 0 spiro atoms. The van der Waals surface area contributed by atoms with Gasteiger partial charge < -0.3 is 5.32 Å². The van der Waals surface area contributed by atoms with Crippen LogP contribution in [0.15, 0.2) is 55.2 Å². The van der Waals surface area contributed by atoms with Crippen LogP contribution in [0, 0.1) is 0 Å². The summed E-state index contributed by atoms with van der Waals surface area (Å²) in [5.41, 5.74) is 1.56. The Morgan fingerprint density at radius 3 is 2.56 bits per heavy atom. The second-order valence-electron chi connectivity index (χ2n) is 4.46. The third-order valence-corrected chi connectivity index (χ3v) is 3.43. The van der Waals surface area contributed by atoms with E-state index in [2.05, 4.69) is 54.4 Å². The molecule has 0 bridgehead atoms. The molecule has 1 heteroatoms. The monoisotopic (exact) mass is 209 g/mol. The quantitative estimate of drug-likeness (QED) is 0.815. The van der Waals surface area contributed by atoms with E-state index in [0.717, 1.165) is 0 Å². The number of hydrogen-bond donors (Lipinski definition) is 1. The van der Waals surface area contributed by atoms with E-state index >= 15 is 0 Å². The Labute approximate surface area is 95.8 Å². The second kappa shape index (κ2) is 3.38. The number of benzene rings is 2. The molecule has 80 valence electrons. The fourth-order valence-electron chi connectivity index (χ4n) is 2.45. The summed E-state index contributed by atoms with van der Waals surface area (Å²) in [4.78, 5) is 0. The van der Waals surface area contributed by atoms with Gasteiger partial charge in [0.1, 0.15) is 0 Å². The molecule has 0 aliphatic heterocycles. The van der Waals surface area contributed by atoms with Crippen LogP contribution in [-0.4, -0.2) is 0 Å². The summed E-state index contributed by atoms with van der Waals surface area (Å²) in [6.45, 7) is 3.78. The lowest BCUT2D eigenvalue weighted by molar-refractivity contribution is 0.623. The summed E-state index contributed by atoms with van der Waals surface area (Å²) in [7, 11) is 0. The molecule has 0 radical (unpaired) electrons. The highest BCUT2D eigenvalue weighted by atomic mass is 15.0. The van der Waals surface area contributed by atoms with Crippen LogP contribution in [0.25, 0.3) is 10.8 Å². The Morgan fingerprint density at radius 1 is 1.06 bits per heavy atom. The van der Waals surface area contributed by atoms with Crippen molar-refractivity contribution in [3.8, 4) is 0 Å². The van der Waals surface area contributed by atoms with Crippen LogP contribution in [-0.2, 0) is 5.54 Å². The SMILES string of the molecule is C=CNC1(c2cccc3ccccc23)CC1. The molecule has 0 saturated heterocycles. The Kier molecular flexibility index (Phi) is 2.00. The lowest BCUT2D eigenvalue weighted by Gasteiger charge is -2.18. The molecule has 1 saturated carbocycles. The number of hydrogen-bond acceptors (Lipinski definition) is 1. The van der Waals surface area contributed by atoms with E-state index in [1.807, 2.05) is 6.20 Å². The highest BCUT2D eigenvalue weighted by Gasteiger charge is 2.44. The zero-order valence-electron chi connectivity index (χ0n) is 9.24. The average Bonchev–Trinajstić information content (AvgIpc) is 3.10. The first-order chi connectivity index (χ1) is 7.86. The van der Waals surface area contributed by atoms with E-state index in [9.17, 15) is 0 Å². The summed E-state index contributed by atoms with van der Waals surface area (Å²) in [6.07, 6.45) is 4.22. The average molecular weight is 209 g/mol. The molecule has 16 heavy (non-hydrogen) atoms. The minimum Gasteiger partial charge on any atom is -0.382 e. The maximum atomic E-state index is 3.78. The minimum atomic E-state index is 0.155. The summed E-state index contributed by atoms with van der Waals surface area (Å²) < 4.78 is 0. The van der Waals surface area contributed by atoms with Crippen LogP contribution < -0.4 is 5.32 Å². The fraction of sp³-hybridized carbons (Fsp3) is 0.200. The van der Waals surface area contributed by atoms with Crippen molar-refractivity contribution in [2.75, 3.05) is 0 Å². The van der Waals surface area contributed by atoms with Gasteiger partial charge in [-0.15, -0.1) is 0 Å². The van der Waals surface area contributed by atoms with Crippen molar-refractivity contribution in [1.82, 2.24) is 5.32 Å². The molecule has 0 heterocycles. The van der Waals surface area contributed by atoms with Crippen molar-refractivity contribution in [1.29, 1.82) is 0 Å². The molecule has 0 atom stereocenters. The normalized spacial score (nSPS) is 17.0. The summed E-state index contributed by atoms with van der Waals surface area (Å²) in [5.74, 6) is 0. The van der Waals surface area contributed by atoms with Gasteiger partial charge in [0.15, 0.2) is 0 Å². The summed E-state index contributed by atoms with van der Waals surface area (Å²) >= 11 is 0. The van der Waals surface area contributed by atoms with Crippen LogP contribution >= 0.6 is 0 Å². The number of fused-ring (bicyclic) bond motifs is 1. The van der Waals surface area contributed by atoms with E-state index in [1.165, 1.54) is 29.2 Å². The largest absolute Gasteiger partial charge is 0.382 e. The third kappa shape index (κ3) is 1.32. The van der Waals surface area contributed by atoms with Crippen LogP contribution in [0.2, 0.25) is 0 Å². The van der Waals surface area contributed by atoms with E-state index in [1.54, 1.807) is 0 Å². The first kappa shape index (κ1) is 9.46. The van der Waals surface area contributed by atoms with Crippen LogP contribution in [0.1, 0.15) is 18.4 Å². The molecule has 0 amide bonds. The molecule has 3 rings (SSSR count). The first-order valence-corrected chi connectivity index (χ1v) is 5.73.